The molecule has 26 heavy (non-hydrogen) atoms. The van der Waals surface area contributed by atoms with Gasteiger partial charge in [-0.2, -0.15) is 17.0 Å². The third-order valence-corrected chi connectivity index (χ3v) is 6.67. The molecule has 3 rings (SSSR count). The van der Waals surface area contributed by atoms with Crippen LogP contribution in [0, 0.1) is 0 Å². The van der Waals surface area contributed by atoms with Crippen LogP contribution in [-0.4, -0.2) is 41.7 Å². The van der Waals surface area contributed by atoms with Crippen molar-refractivity contribution >= 4 is 16.2 Å². The van der Waals surface area contributed by atoms with Gasteiger partial charge in [0.05, 0.1) is 12.5 Å². The van der Waals surface area contributed by atoms with Crippen molar-refractivity contribution in [1.82, 2.24) is 8.61 Å². The van der Waals surface area contributed by atoms with Crippen LogP contribution in [-0.2, 0) is 28.0 Å². The molecular formula is C19H22N2O4S. The van der Waals surface area contributed by atoms with Crippen LogP contribution >= 0.6 is 0 Å². The maximum atomic E-state index is 13.2. The molecule has 1 unspecified atom stereocenters. The SMILES string of the molecule is CN(CCC(=O)O)S(=O)(=O)N1Cc2ccccc2CC1c1ccccc1. The fourth-order valence-corrected chi connectivity index (χ4v) is 4.75. The highest BCUT2D eigenvalue weighted by atomic mass is 32.2. The van der Waals surface area contributed by atoms with Gasteiger partial charge in [0.25, 0.3) is 10.2 Å². The molecule has 138 valence electrons. The van der Waals surface area contributed by atoms with Crippen molar-refractivity contribution in [1.29, 1.82) is 0 Å². The van der Waals surface area contributed by atoms with Gasteiger partial charge in [-0.1, -0.05) is 54.6 Å². The van der Waals surface area contributed by atoms with Gasteiger partial charge in [-0.25, -0.2) is 0 Å². The van der Waals surface area contributed by atoms with Crippen LogP contribution in [0.3, 0.4) is 0 Å². The molecule has 2 aromatic carbocycles. The Bertz CT molecular complexity index is 883. The van der Waals surface area contributed by atoms with Crippen LogP contribution in [0.2, 0.25) is 0 Å². The monoisotopic (exact) mass is 374 g/mol. The van der Waals surface area contributed by atoms with Crippen LogP contribution in [0.25, 0.3) is 0 Å². The number of fused-ring (bicyclic) bond motifs is 1. The molecule has 0 aromatic heterocycles. The van der Waals surface area contributed by atoms with Gasteiger partial charge in [0.15, 0.2) is 0 Å². The van der Waals surface area contributed by atoms with E-state index in [4.69, 9.17) is 5.11 Å². The van der Waals surface area contributed by atoms with E-state index >= 15 is 0 Å². The number of nitrogens with zero attached hydrogens (tertiary/aromatic N) is 2. The summed E-state index contributed by atoms with van der Waals surface area (Å²) in [4.78, 5) is 10.8. The van der Waals surface area contributed by atoms with E-state index in [0.717, 1.165) is 21.0 Å². The van der Waals surface area contributed by atoms with Crippen molar-refractivity contribution in [2.75, 3.05) is 13.6 Å². The van der Waals surface area contributed by atoms with E-state index in [2.05, 4.69) is 0 Å². The molecule has 0 radical (unpaired) electrons. The lowest BCUT2D eigenvalue weighted by molar-refractivity contribution is -0.137. The molecule has 1 aliphatic rings. The first-order valence-electron chi connectivity index (χ1n) is 8.46. The molecular weight excluding hydrogens is 352 g/mol. The molecule has 6 nitrogen and oxygen atoms in total. The first kappa shape index (κ1) is 18.6. The van der Waals surface area contributed by atoms with Gasteiger partial charge in [-0.05, 0) is 23.1 Å². The molecule has 0 saturated heterocycles. The minimum atomic E-state index is -3.79. The van der Waals surface area contributed by atoms with Gasteiger partial charge in [0.2, 0.25) is 0 Å². The number of carboxylic acid groups (broad SMARTS) is 1. The highest BCUT2D eigenvalue weighted by Crippen LogP contribution is 2.35. The van der Waals surface area contributed by atoms with E-state index in [-0.39, 0.29) is 25.6 Å². The first-order valence-corrected chi connectivity index (χ1v) is 9.86. The molecule has 1 atom stereocenters. The number of hydrogen-bond donors (Lipinski definition) is 1. The smallest absolute Gasteiger partial charge is 0.304 e. The fourth-order valence-electron chi connectivity index (χ4n) is 3.25. The van der Waals surface area contributed by atoms with E-state index < -0.39 is 16.2 Å². The molecule has 0 saturated carbocycles. The molecule has 0 aliphatic carbocycles. The summed E-state index contributed by atoms with van der Waals surface area (Å²) in [5.41, 5.74) is 3.05. The molecule has 0 spiro atoms. The van der Waals surface area contributed by atoms with Crippen molar-refractivity contribution in [3.63, 3.8) is 0 Å². The number of hydrogen-bond acceptors (Lipinski definition) is 3. The van der Waals surface area contributed by atoms with Crippen molar-refractivity contribution in [3.05, 3.63) is 71.3 Å². The molecule has 0 amide bonds. The number of carboxylic acids is 1. The third kappa shape index (κ3) is 3.80. The summed E-state index contributed by atoms with van der Waals surface area (Å²) in [6, 6.07) is 17.1. The number of aliphatic carboxylic acids is 1. The molecule has 1 N–H and O–H groups in total. The standard InChI is InChI=1S/C19H22N2O4S/c1-20(12-11-19(22)23)26(24,25)21-14-17-10-6-5-9-16(17)13-18(21)15-7-3-2-4-8-15/h2-10,18H,11-14H2,1H3,(H,22,23). The predicted octanol–water partition coefficient (Wildman–Crippen LogP) is 2.44. The second-order valence-corrected chi connectivity index (χ2v) is 8.41. The molecule has 1 aliphatic heterocycles. The van der Waals surface area contributed by atoms with Crippen LogP contribution < -0.4 is 0 Å². The van der Waals surface area contributed by atoms with E-state index in [1.165, 1.54) is 11.4 Å². The predicted molar refractivity (Wildman–Crippen MR) is 98.7 cm³/mol. The summed E-state index contributed by atoms with van der Waals surface area (Å²) >= 11 is 0. The van der Waals surface area contributed by atoms with Gasteiger partial charge >= 0.3 is 5.97 Å². The fraction of sp³-hybridized carbons (Fsp3) is 0.316. The van der Waals surface area contributed by atoms with Crippen LogP contribution in [0.4, 0.5) is 0 Å². The van der Waals surface area contributed by atoms with Gasteiger partial charge in [-0.3, -0.25) is 4.79 Å². The zero-order chi connectivity index (χ0) is 18.7. The molecule has 2 aromatic rings. The average molecular weight is 374 g/mol. The van der Waals surface area contributed by atoms with E-state index in [9.17, 15) is 13.2 Å². The number of carbonyl (C=O) groups is 1. The Morgan fingerprint density at radius 3 is 2.38 bits per heavy atom. The Morgan fingerprint density at radius 1 is 1.12 bits per heavy atom. The van der Waals surface area contributed by atoms with Crippen molar-refractivity contribution in [2.24, 2.45) is 0 Å². The van der Waals surface area contributed by atoms with Crippen molar-refractivity contribution in [3.8, 4) is 0 Å². The summed E-state index contributed by atoms with van der Waals surface area (Å²) in [7, 11) is -2.36. The highest BCUT2D eigenvalue weighted by molar-refractivity contribution is 7.86. The zero-order valence-corrected chi connectivity index (χ0v) is 15.4. The summed E-state index contributed by atoms with van der Waals surface area (Å²) in [6.45, 7) is 0.215. The van der Waals surface area contributed by atoms with Crippen LogP contribution in [0.1, 0.15) is 29.2 Å². The maximum Gasteiger partial charge on any atom is 0.304 e. The van der Waals surface area contributed by atoms with Crippen molar-refractivity contribution in [2.45, 2.75) is 25.4 Å². The van der Waals surface area contributed by atoms with Gasteiger partial charge in [-0.15, -0.1) is 0 Å². The second kappa shape index (κ2) is 7.57. The summed E-state index contributed by atoms with van der Waals surface area (Å²) < 4.78 is 28.9. The Labute approximate surface area is 153 Å². The summed E-state index contributed by atoms with van der Waals surface area (Å²) in [5.74, 6) is -1.02. The van der Waals surface area contributed by atoms with Crippen LogP contribution in [0.15, 0.2) is 54.6 Å². The Morgan fingerprint density at radius 2 is 1.73 bits per heavy atom. The molecule has 0 fully saturated rings. The summed E-state index contributed by atoms with van der Waals surface area (Å²) in [5, 5.41) is 8.86. The van der Waals surface area contributed by atoms with Gasteiger partial charge in [0.1, 0.15) is 0 Å². The third-order valence-electron chi connectivity index (χ3n) is 4.72. The van der Waals surface area contributed by atoms with Gasteiger partial charge < -0.3 is 5.11 Å². The quantitative estimate of drug-likeness (QED) is 0.842. The Kier molecular flexibility index (Phi) is 5.41. The number of benzene rings is 2. The average Bonchev–Trinajstić information content (AvgIpc) is 2.65. The second-order valence-electron chi connectivity index (χ2n) is 6.42. The minimum Gasteiger partial charge on any atom is -0.481 e. The van der Waals surface area contributed by atoms with Crippen LogP contribution in [0.5, 0.6) is 0 Å². The lowest BCUT2D eigenvalue weighted by atomic mass is 9.92. The van der Waals surface area contributed by atoms with Crippen molar-refractivity contribution < 1.29 is 18.3 Å². The zero-order valence-electron chi connectivity index (χ0n) is 14.6. The molecule has 0 bridgehead atoms. The lowest BCUT2D eigenvalue weighted by Crippen LogP contribution is -2.46. The van der Waals surface area contributed by atoms with E-state index in [0.29, 0.717) is 6.42 Å². The first-order chi connectivity index (χ1) is 12.4. The lowest BCUT2D eigenvalue weighted by Gasteiger charge is -2.38. The summed E-state index contributed by atoms with van der Waals surface area (Å²) in [6.07, 6.45) is 0.363. The normalized spacial score (nSPS) is 17.8. The topological polar surface area (TPSA) is 77.9 Å². The number of rotatable bonds is 6. The Hall–Kier alpha value is -2.22. The highest BCUT2D eigenvalue weighted by Gasteiger charge is 2.37. The van der Waals surface area contributed by atoms with E-state index in [1.54, 1.807) is 0 Å². The largest absolute Gasteiger partial charge is 0.481 e. The van der Waals surface area contributed by atoms with Gasteiger partial charge in [0, 0.05) is 20.1 Å². The maximum absolute atomic E-state index is 13.2. The van der Waals surface area contributed by atoms with E-state index in [1.807, 2.05) is 54.6 Å². The molecule has 7 heteroatoms. The molecule has 1 heterocycles. The Balaban J connectivity index is 1.97. The minimum absolute atomic E-state index is 0.0582.